The number of hydrazone groups is 1. The van der Waals surface area contributed by atoms with Gasteiger partial charge in [-0.15, -0.1) is 0 Å². The topological polar surface area (TPSA) is 46.5 Å². The van der Waals surface area contributed by atoms with E-state index in [-0.39, 0.29) is 0 Å². The third-order valence-corrected chi connectivity index (χ3v) is 7.04. The van der Waals surface area contributed by atoms with Crippen LogP contribution in [-0.4, -0.2) is 10.4 Å². The van der Waals surface area contributed by atoms with Gasteiger partial charge >= 0.3 is 0 Å². The summed E-state index contributed by atoms with van der Waals surface area (Å²) in [6.07, 6.45) is 9.89. The van der Waals surface area contributed by atoms with Gasteiger partial charge in [-0.2, -0.15) is 5.10 Å². The summed E-state index contributed by atoms with van der Waals surface area (Å²) in [5.74, 6) is 6.72. The quantitative estimate of drug-likeness (QED) is 0.118. The Balaban J connectivity index is 1.39. The van der Waals surface area contributed by atoms with Crippen LogP contribution in [0.5, 0.6) is 0 Å². The molecule has 4 aromatic carbocycles. The van der Waals surface area contributed by atoms with Crippen LogP contribution in [-0.2, 0) is 6.54 Å². The predicted octanol–water partition coefficient (Wildman–Crippen LogP) is 7.70. The fourth-order valence-electron chi connectivity index (χ4n) is 5.25. The van der Waals surface area contributed by atoms with Crippen molar-refractivity contribution >= 4 is 34.6 Å². The smallest absolute Gasteiger partial charge is 0.160 e. The molecule has 4 heteroatoms. The van der Waals surface area contributed by atoms with Crippen LogP contribution >= 0.6 is 0 Å². The SMILES string of the molecule is Cc1cccc(N(Cc2ccc(-n3c4c(c5ccccc53)C=CCC=C4)cc2)/C(=N\N)c2ccccc2)c1. The maximum absolute atomic E-state index is 5.98. The predicted molar refractivity (Wildman–Crippen MR) is 160 cm³/mol. The molecule has 1 aromatic heterocycles. The molecule has 0 bridgehead atoms. The van der Waals surface area contributed by atoms with Crippen molar-refractivity contribution in [2.45, 2.75) is 19.9 Å². The van der Waals surface area contributed by atoms with E-state index in [0.717, 1.165) is 29.2 Å². The van der Waals surface area contributed by atoms with Crippen molar-refractivity contribution in [3.8, 4) is 5.69 Å². The van der Waals surface area contributed by atoms with Crippen molar-refractivity contribution in [1.29, 1.82) is 0 Å². The molecule has 1 aliphatic carbocycles. The molecule has 0 saturated heterocycles. The van der Waals surface area contributed by atoms with E-state index in [2.05, 4.69) is 119 Å². The van der Waals surface area contributed by atoms with Crippen LogP contribution in [0.2, 0.25) is 0 Å². The van der Waals surface area contributed by atoms with Crippen LogP contribution in [0.4, 0.5) is 5.69 Å². The molecule has 4 nitrogen and oxygen atoms in total. The van der Waals surface area contributed by atoms with E-state index in [1.165, 1.54) is 33.3 Å². The Hall–Kier alpha value is -4.83. The van der Waals surface area contributed by atoms with Crippen molar-refractivity contribution in [2.75, 3.05) is 4.90 Å². The lowest BCUT2D eigenvalue weighted by Gasteiger charge is -2.26. The molecular formula is C34H30N4. The molecule has 1 aliphatic rings. The number of hydrogen-bond donors (Lipinski definition) is 1. The standard InChI is InChI=1S/C34H30N4/c1-25-11-10-14-29(23-25)37(34(36-35)27-12-4-2-5-13-27)24-26-19-21-28(22-20-26)38-32-17-7-3-6-15-30(32)31-16-8-9-18-33(31)38/h2,4-23H,3,24,35H2,1H3/b36-34-. The summed E-state index contributed by atoms with van der Waals surface area (Å²) in [5, 5.41) is 5.50. The second-order valence-electron chi connectivity index (χ2n) is 9.60. The Kier molecular flexibility index (Phi) is 6.37. The van der Waals surface area contributed by atoms with E-state index in [9.17, 15) is 0 Å². The number of aryl methyl sites for hydroxylation is 1. The van der Waals surface area contributed by atoms with Gasteiger partial charge in [-0.3, -0.25) is 0 Å². The molecule has 38 heavy (non-hydrogen) atoms. The highest BCUT2D eigenvalue weighted by atomic mass is 15.3. The largest absolute Gasteiger partial charge is 0.321 e. The Labute approximate surface area is 223 Å². The van der Waals surface area contributed by atoms with Gasteiger partial charge in [-0.05, 0) is 60.9 Å². The lowest BCUT2D eigenvalue weighted by molar-refractivity contribution is 0.986. The molecule has 2 N–H and O–H groups in total. The van der Waals surface area contributed by atoms with Crippen LogP contribution in [0.25, 0.3) is 28.7 Å². The number of fused-ring (bicyclic) bond motifs is 3. The highest BCUT2D eigenvalue weighted by Gasteiger charge is 2.18. The first kappa shape index (κ1) is 23.6. The number of benzene rings is 4. The van der Waals surface area contributed by atoms with E-state index >= 15 is 0 Å². The van der Waals surface area contributed by atoms with Gasteiger partial charge in [0.2, 0.25) is 0 Å². The van der Waals surface area contributed by atoms with Gasteiger partial charge in [0, 0.05) is 34.4 Å². The Morgan fingerprint density at radius 2 is 1.61 bits per heavy atom. The first-order valence-electron chi connectivity index (χ1n) is 13.0. The average Bonchev–Trinajstić information content (AvgIpc) is 3.08. The number of allylic oxidation sites excluding steroid dienone is 2. The molecule has 5 aromatic rings. The zero-order chi connectivity index (χ0) is 25.9. The monoisotopic (exact) mass is 494 g/mol. The normalized spacial score (nSPS) is 12.9. The first-order valence-corrected chi connectivity index (χ1v) is 13.0. The fourth-order valence-corrected chi connectivity index (χ4v) is 5.25. The number of hydrogen-bond acceptors (Lipinski definition) is 2. The fraction of sp³-hybridized carbons (Fsp3) is 0.0882. The van der Waals surface area contributed by atoms with Crippen LogP contribution in [0.3, 0.4) is 0 Å². The molecule has 0 amide bonds. The highest BCUT2D eigenvalue weighted by molar-refractivity contribution is 6.09. The number of anilines is 1. The van der Waals surface area contributed by atoms with Gasteiger partial charge in [0.15, 0.2) is 5.84 Å². The minimum Gasteiger partial charge on any atom is -0.321 e. The molecule has 0 atom stereocenters. The minimum absolute atomic E-state index is 0.641. The van der Waals surface area contributed by atoms with E-state index in [1.807, 2.05) is 30.3 Å². The van der Waals surface area contributed by atoms with Gasteiger partial charge in [0.25, 0.3) is 0 Å². The molecule has 0 radical (unpaired) electrons. The average molecular weight is 495 g/mol. The summed E-state index contributed by atoms with van der Waals surface area (Å²) < 4.78 is 2.36. The lowest BCUT2D eigenvalue weighted by atomic mass is 10.1. The number of aromatic nitrogens is 1. The molecule has 186 valence electrons. The summed E-state index contributed by atoms with van der Waals surface area (Å²) in [4.78, 5) is 2.18. The molecule has 0 unspecified atom stereocenters. The summed E-state index contributed by atoms with van der Waals surface area (Å²) in [6.45, 7) is 2.74. The zero-order valence-electron chi connectivity index (χ0n) is 21.5. The molecule has 0 spiro atoms. The van der Waals surface area contributed by atoms with Crippen molar-refractivity contribution in [2.24, 2.45) is 10.9 Å². The second kappa shape index (κ2) is 10.3. The lowest BCUT2D eigenvalue weighted by Crippen LogP contribution is -2.32. The van der Waals surface area contributed by atoms with E-state index in [1.54, 1.807) is 0 Å². The van der Waals surface area contributed by atoms with Crippen LogP contribution in [0.15, 0.2) is 120 Å². The zero-order valence-corrected chi connectivity index (χ0v) is 21.5. The Morgan fingerprint density at radius 1 is 0.842 bits per heavy atom. The van der Waals surface area contributed by atoms with Gasteiger partial charge in [-0.25, -0.2) is 0 Å². The Morgan fingerprint density at radius 3 is 2.39 bits per heavy atom. The van der Waals surface area contributed by atoms with Crippen molar-refractivity contribution < 1.29 is 0 Å². The number of para-hydroxylation sites is 1. The first-order chi connectivity index (χ1) is 18.7. The number of rotatable bonds is 5. The van der Waals surface area contributed by atoms with Gasteiger partial charge in [0.1, 0.15) is 0 Å². The van der Waals surface area contributed by atoms with Crippen LogP contribution < -0.4 is 10.7 Å². The molecule has 0 aliphatic heterocycles. The molecule has 1 heterocycles. The maximum atomic E-state index is 5.98. The number of nitrogens with two attached hydrogens (primary N) is 1. The highest BCUT2D eigenvalue weighted by Crippen LogP contribution is 2.33. The molecule has 0 saturated carbocycles. The van der Waals surface area contributed by atoms with E-state index in [4.69, 9.17) is 5.84 Å². The van der Waals surface area contributed by atoms with Gasteiger partial charge in [-0.1, -0.05) is 91.0 Å². The van der Waals surface area contributed by atoms with Crippen LogP contribution in [0, 0.1) is 6.92 Å². The summed E-state index contributed by atoms with van der Waals surface area (Å²) in [5.41, 5.74) is 9.25. The number of amidine groups is 1. The summed E-state index contributed by atoms with van der Waals surface area (Å²) in [6, 6.07) is 36.0. The van der Waals surface area contributed by atoms with Crippen LogP contribution in [0.1, 0.15) is 34.4 Å². The minimum atomic E-state index is 0.641. The van der Waals surface area contributed by atoms with Crippen molar-refractivity contribution in [1.82, 2.24) is 4.57 Å². The third kappa shape index (κ3) is 4.41. The van der Waals surface area contributed by atoms with Gasteiger partial charge in [0.05, 0.1) is 11.2 Å². The van der Waals surface area contributed by atoms with E-state index in [0.29, 0.717) is 6.54 Å². The number of nitrogens with zero attached hydrogens (tertiary/aromatic N) is 3. The summed E-state index contributed by atoms with van der Waals surface area (Å²) >= 11 is 0. The Bertz CT molecular complexity index is 1670. The van der Waals surface area contributed by atoms with Crippen molar-refractivity contribution in [3.05, 3.63) is 143 Å². The molecule has 6 rings (SSSR count). The van der Waals surface area contributed by atoms with Crippen molar-refractivity contribution in [3.63, 3.8) is 0 Å². The van der Waals surface area contributed by atoms with E-state index < -0.39 is 0 Å². The second-order valence-corrected chi connectivity index (χ2v) is 9.60. The molecule has 0 fully saturated rings. The third-order valence-electron chi connectivity index (χ3n) is 7.04. The maximum Gasteiger partial charge on any atom is 0.160 e. The van der Waals surface area contributed by atoms with Gasteiger partial charge < -0.3 is 15.3 Å². The molecular weight excluding hydrogens is 464 g/mol. The summed E-state index contributed by atoms with van der Waals surface area (Å²) in [7, 11) is 0.